The summed E-state index contributed by atoms with van der Waals surface area (Å²) < 4.78 is 2.34. The van der Waals surface area contributed by atoms with Crippen molar-refractivity contribution in [3.63, 3.8) is 0 Å². The summed E-state index contributed by atoms with van der Waals surface area (Å²) in [5.41, 5.74) is 4.25. The molecule has 1 spiro atoms. The van der Waals surface area contributed by atoms with Gasteiger partial charge in [-0.05, 0) is 0 Å². The monoisotopic (exact) mass is 577 g/mol. The van der Waals surface area contributed by atoms with E-state index in [1.54, 1.807) is 10.4 Å². The Bertz CT molecular complexity index is 1430. The van der Waals surface area contributed by atoms with Crippen molar-refractivity contribution in [2.45, 2.75) is 18.5 Å². The van der Waals surface area contributed by atoms with Crippen molar-refractivity contribution in [1.29, 1.82) is 0 Å². The number of carbonyl (C=O) groups excluding carboxylic acids is 2. The van der Waals surface area contributed by atoms with E-state index in [0.29, 0.717) is 16.7 Å². The molecule has 2 aromatic heterocycles. The van der Waals surface area contributed by atoms with Crippen molar-refractivity contribution in [1.82, 2.24) is 0 Å². The molecular weight excluding hydrogens is 556 g/mol. The summed E-state index contributed by atoms with van der Waals surface area (Å²) in [6.45, 7) is 0. The molecule has 160 valence electrons. The Morgan fingerprint density at radius 3 is 1.97 bits per heavy atom. The number of para-hydroxylation sites is 2. The summed E-state index contributed by atoms with van der Waals surface area (Å²) in [6, 6.07) is 24.9. The number of Topliss-reactive ketones (excluding diaryl/α,β-unsaturated/α-hetero) is 2. The van der Waals surface area contributed by atoms with E-state index in [2.05, 4.69) is 65.6 Å². The minimum atomic E-state index is -1.63. The SMILES string of the molecule is O=C1C(=Cc2ccc(N3c4ccccc4[Si]4(CCC4)c4ccccc43)[se]2)C(=O)c2c[se]cc21. The van der Waals surface area contributed by atoms with E-state index in [-0.39, 0.29) is 40.6 Å². The van der Waals surface area contributed by atoms with Crippen LogP contribution in [0.25, 0.3) is 6.08 Å². The second-order valence-corrected chi connectivity index (χ2v) is 17.0. The number of hydrogen-bond donors (Lipinski definition) is 0. The topological polar surface area (TPSA) is 37.4 Å². The molecule has 0 unspecified atom stereocenters. The first kappa shape index (κ1) is 20.0. The Labute approximate surface area is 204 Å². The fourth-order valence-electron chi connectivity index (χ4n) is 5.58. The molecule has 1 aliphatic carbocycles. The standard InChI is InChI=1S/C27H19NO2Se2Si/c29-26-18(27(30)20-16-31-15-19(20)26)14-17-10-11-25(32-17)28-21-6-1-3-8-23(21)33(12-5-13-33)24-9-4-2-7-22(24)28/h1-4,6-11,14-16H,5,12-13H2. The average Bonchev–Trinajstić information content (AvgIpc) is 3.52. The van der Waals surface area contributed by atoms with Crippen LogP contribution in [0.1, 0.15) is 31.6 Å². The van der Waals surface area contributed by atoms with Crippen LogP contribution in [0.4, 0.5) is 15.9 Å². The predicted octanol–water partition coefficient (Wildman–Crippen LogP) is 4.01. The molecule has 4 heterocycles. The van der Waals surface area contributed by atoms with E-state index in [1.807, 2.05) is 16.0 Å². The number of benzene rings is 2. The Morgan fingerprint density at radius 1 is 0.788 bits per heavy atom. The van der Waals surface area contributed by atoms with Gasteiger partial charge >= 0.3 is 206 Å². The van der Waals surface area contributed by atoms with Crippen molar-refractivity contribution >= 4 is 81.0 Å². The average molecular weight is 575 g/mol. The van der Waals surface area contributed by atoms with Crippen molar-refractivity contribution in [3.8, 4) is 0 Å². The number of ketones is 2. The van der Waals surface area contributed by atoms with Gasteiger partial charge in [0.2, 0.25) is 0 Å². The van der Waals surface area contributed by atoms with E-state index in [0.717, 1.165) is 4.44 Å². The number of anilines is 3. The molecule has 0 amide bonds. The van der Waals surface area contributed by atoms with Gasteiger partial charge in [-0.1, -0.05) is 0 Å². The molecule has 0 saturated carbocycles. The van der Waals surface area contributed by atoms with Crippen LogP contribution in [0.2, 0.25) is 12.1 Å². The Morgan fingerprint density at radius 2 is 1.39 bits per heavy atom. The molecule has 6 heteroatoms. The van der Waals surface area contributed by atoms with E-state index in [1.165, 1.54) is 34.4 Å². The molecule has 7 rings (SSSR count). The number of carbonyl (C=O) groups is 2. The van der Waals surface area contributed by atoms with Crippen LogP contribution >= 0.6 is 0 Å². The normalized spacial score (nSPS) is 17.6. The Balaban J connectivity index is 1.34. The molecule has 2 aromatic carbocycles. The molecule has 4 aromatic rings. The first-order valence-electron chi connectivity index (χ1n) is 11.1. The Hall–Kier alpha value is -2.46. The number of nitrogens with zero attached hydrogens (tertiary/aromatic N) is 1. The van der Waals surface area contributed by atoms with Gasteiger partial charge in [-0.25, -0.2) is 0 Å². The van der Waals surface area contributed by atoms with Crippen molar-refractivity contribution in [2.75, 3.05) is 4.90 Å². The molecule has 0 atom stereocenters. The fourth-order valence-corrected chi connectivity index (χ4v) is 14.0. The van der Waals surface area contributed by atoms with Crippen molar-refractivity contribution in [3.05, 3.63) is 91.7 Å². The first-order chi connectivity index (χ1) is 16.2. The van der Waals surface area contributed by atoms with Gasteiger partial charge in [-0.2, -0.15) is 0 Å². The third kappa shape index (κ3) is 2.73. The van der Waals surface area contributed by atoms with Gasteiger partial charge < -0.3 is 0 Å². The van der Waals surface area contributed by atoms with Crippen LogP contribution in [0, 0.1) is 0 Å². The number of hydrogen-bond acceptors (Lipinski definition) is 3. The zero-order chi connectivity index (χ0) is 22.2. The molecule has 1 fully saturated rings. The van der Waals surface area contributed by atoms with Gasteiger partial charge in [-0.15, -0.1) is 0 Å². The van der Waals surface area contributed by atoms with Gasteiger partial charge in [0.25, 0.3) is 0 Å². The molecule has 33 heavy (non-hydrogen) atoms. The number of rotatable bonds is 2. The molecule has 1 saturated heterocycles. The quantitative estimate of drug-likeness (QED) is 0.206. The maximum atomic E-state index is 12.8. The predicted molar refractivity (Wildman–Crippen MR) is 137 cm³/mol. The summed E-state index contributed by atoms with van der Waals surface area (Å²) in [5.74, 6) is -0.190. The van der Waals surface area contributed by atoms with E-state index < -0.39 is 8.07 Å². The van der Waals surface area contributed by atoms with Crippen molar-refractivity contribution in [2.24, 2.45) is 0 Å². The number of fused-ring (bicyclic) bond motifs is 5. The molecule has 3 nitrogen and oxygen atoms in total. The summed E-state index contributed by atoms with van der Waals surface area (Å²) in [6.07, 6.45) is 3.18. The zero-order valence-corrected chi connectivity index (χ0v) is 22.1. The minimum absolute atomic E-state index is 0.0177. The van der Waals surface area contributed by atoms with Gasteiger partial charge in [0.15, 0.2) is 0 Å². The molecule has 0 bridgehead atoms. The van der Waals surface area contributed by atoms with Gasteiger partial charge in [0, 0.05) is 0 Å². The third-order valence-corrected chi connectivity index (χ3v) is 16.3. The first-order valence-corrected chi connectivity index (χ1v) is 17.2. The van der Waals surface area contributed by atoms with Gasteiger partial charge in [0.05, 0.1) is 0 Å². The van der Waals surface area contributed by atoms with Crippen LogP contribution < -0.4 is 15.3 Å². The number of allylic oxidation sites excluding steroid dienone is 1. The van der Waals surface area contributed by atoms with Crippen molar-refractivity contribution < 1.29 is 9.59 Å². The van der Waals surface area contributed by atoms with Crippen LogP contribution in [0.3, 0.4) is 0 Å². The van der Waals surface area contributed by atoms with Crippen LogP contribution in [-0.2, 0) is 0 Å². The van der Waals surface area contributed by atoms with Gasteiger partial charge in [0.1, 0.15) is 0 Å². The fraction of sp³-hybridized carbons (Fsp3) is 0.111. The third-order valence-electron chi connectivity index (χ3n) is 7.29. The second-order valence-electron chi connectivity index (χ2n) is 8.90. The molecule has 3 aliphatic rings. The van der Waals surface area contributed by atoms with E-state index in [9.17, 15) is 9.59 Å². The molecule has 2 aliphatic heterocycles. The molecule has 0 N–H and O–H groups in total. The summed E-state index contributed by atoms with van der Waals surface area (Å²) >= 11 is 0.160. The second kappa shape index (κ2) is 7.27. The summed E-state index contributed by atoms with van der Waals surface area (Å²) in [7, 11) is -1.63. The van der Waals surface area contributed by atoms with E-state index >= 15 is 0 Å². The summed E-state index contributed by atoms with van der Waals surface area (Å²) in [5, 5.41) is 3.13. The Kier molecular flexibility index (Phi) is 4.39. The van der Waals surface area contributed by atoms with Gasteiger partial charge in [-0.3, -0.25) is 0 Å². The van der Waals surface area contributed by atoms with Crippen LogP contribution in [-0.4, -0.2) is 48.6 Å². The zero-order valence-electron chi connectivity index (χ0n) is 17.7. The maximum absolute atomic E-state index is 12.8. The van der Waals surface area contributed by atoms with Crippen LogP contribution in [0.5, 0.6) is 0 Å². The summed E-state index contributed by atoms with van der Waals surface area (Å²) in [4.78, 5) is 31.9. The molecule has 0 radical (unpaired) electrons. The molecular formula is C27H19NO2Se2Si. The van der Waals surface area contributed by atoms with Crippen LogP contribution in [0.15, 0.2) is 76.1 Å². The van der Waals surface area contributed by atoms with E-state index in [4.69, 9.17) is 0 Å².